The fraction of sp³-hybridized carbons (Fsp3) is 0.526. The van der Waals surface area contributed by atoms with E-state index in [1.165, 1.54) is 0 Å². The lowest BCUT2D eigenvalue weighted by atomic mass is 9.88. The molecule has 5 nitrogen and oxygen atoms in total. The first kappa shape index (κ1) is 21.0. The molecule has 0 fully saturated rings. The third-order valence-corrected chi connectivity index (χ3v) is 4.53. The van der Waals surface area contributed by atoms with Crippen LogP contribution in [0.3, 0.4) is 0 Å². The SMILES string of the molecule is CC(C)[C@@H](C(=O)OCC(=O)N[C@@](C)(C#N)C(C)C)c1ccc(Cl)cc1. The molecule has 1 aromatic carbocycles. The van der Waals surface area contributed by atoms with E-state index in [-0.39, 0.29) is 11.8 Å². The van der Waals surface area contributed by atoms with Gasteiger partial charge in [0.2, 0.25) is 0 Å². The third-order valence-electron chi connectivity index (χ3n) is 4.28. The van der Waals surface area contributed by atoms with E-state index in [4.69, 9.17) is 16.3 Å². The van der Waals surface area contributed by atoms with Crippen LogP contribution in [0.15, 0.2) is 24.3 Å². The fourth-order valence-corrected chi connectivity index (χ4v) is 2.44. The third kappa shape index (κ3) is 5.75. The molecule has 0 bridgehead atoms. The molecule has 1 rings (SSSR count). The Labute approximate surface area is 154 Å². The first-order chi connectivity index (χ1) is 11.6. The number of hydrogen-bond acceptors (Lipinski definition) is 4. The number of halogens is 1. The van der Waals surface area contributed by atoms with Gasteiger partial charge in [0, 0.05) is 5.02 Å². The van der Waals surface area contributed by atoms with Gasteiger partial charge in [-0.2, -0.15) is 5.26 Å². The van der Waals surface area contributed by atoms with Gasteiger partial charge in [-0.3, -0.25) is 9.59 Å². The number of ether oxygens (including phenoxy) is 1. The van der Waals surface area contributed by atoms with Gasteiger partial charge in [-0.1, -0.05) is 51.4 Å². The molecule has 0 aliphatic heterocycles. The minimum Gasteiger partial charge on any atom is -0.455 e. The van der Waals surface area contributed by atoms with Crippen LogP contribution in [0.4, 0.5) is 0 Å². The Kier molecular flexibility index (Phi) is 7.44. The van der Waals surface area contributed by atoms with Gasteiger partial charge in [0.1, 0.15) is 5.54 Å². The Morgan fingerprint density at radius 3 is 2.24 bits per heavy atom. The van der Waals surface area contributed by atoms with E-state index in [0.717, 1.165) is 5.56 Å². The van der Waals surface area contributed by atoms with Crippen molar-refractivity contribution in [3.8, 4) is 6.07 Å². The Morgan fingerprint density at radius 2 is 1.80 bits per heavy atom. The fourth-order valence-electron chi connectivity index (χ4n) is 2.32. The molecule has 0 saturated heterocycles. The van der Waals surface area contributed by atoms with Crippen molar-refractivity contribution in [3.63, 3.8) is 0 Å². The van der Waals surface area contributed by atoms with Gasteiger partial charge in [0.05, 0.1) is 12.0 Å². The summed E-state index contributed by atoms with van der Waals surface area (Å²) < 4.78 is 5.19. The largest absolute Gasteiger partial charge is 0.455 e. The van der Waals surface area contributed by atoms with E-state index < -0.39 is 29.9 Å². The van der Waals surface area contributed by atoms with E-state index in [9.17, 15) is 14.9 Å². The molecule has 136 valence electrons. The number of rotatable bonds is 7. The van der Waals surface area contributed by atoms with Gasteiger partial charge in [0.25, 0.3) is 5.91 Å². The van der Waals surface area contributed by atoms with Crippen LogP contribution >= 0.6 is 11.6 Å². The predicted molar refractivity (Wildman–Crippen MR) is 97.0 cm³/mol. The molecule has 0 spiro atoms. The second-order valence-electron chi connectivity index (χ2n) is 6.90. The highest BCUT2D eigenvalue weighted by Gasteiger charge is 2.31. The van der Waals surface area contributed by atoms with Gasteiger partial charge < -0.3 is 10.1 Å². The molecule has 0 unspecified atom stereocenters. The van der Waals surface area contributed by atoms with Crippen LogP contribution in [-0.2, 0) is 14.3 Å². The molecule has 2 atom stereocenters. The second kappa shape index (κ2) is 8.87. The topological polar surface area (TPSA) is 79.2 Å². The molecule has 0 heterocycles. The van der Waals surface area contributed by atoms with Crippen molar-refractivity contribution in [1.29, 1.82) is 5.26 Å². The Balaban J connectivity index is 2.74. The van der Waals surface area contributed by atoms with E-state index in [1.807, 2.05) is 27.7 Å². The first-order valence-corrected chi connectivity index (χ1v) is 8.63. The molecule has 0 radical (unpaired) electrons. The van der Waals surface area contributed by atoms with E-state index in [2.05, 4.69) is 11.4 Å². The summed E-state index contributed by atoms with van der Waals surface area (Å²) in [6, 6.07) is 9.07. The molecular weight excluding hydrogens is 340 g/mol. The Bertz CT molecular complexity index is 650. The number of carbonyl (C=O) groups is 2. The monoisotopic (exact) mass is 364 g/mol. The highest BCUT2D eigenvalue weighted by molar-refractivity contribution is 6.30. The summed E-state index contributed by atoms with van der Waals surface area (Å²) in [6.45, 7) is 8.72. The van der Waals surface area contributed by atoms with Crippen molar-refractivity contribution in [3.05, 3.63) is 34.9 Å². The molecule has 0 aliphatic rings. The first-order valence-electron chi connectivity index (χ1n) is 8.25. The van der Waals surface area contributed by atoms with Gasteiger partial charge in [-0.15, -0.1) is 0 Å². The average molecular weight is 365 g/mol. The van der Waals surface area contributed by atoms with Crippen molar-refractivity contribution in [2.75, 3.05) is 6.61 Å². The summed E-state index contributed by atoms with van der Waals surface area (Å²) in [5, 5.41) is 12.4. The molecular formula is C19H25ClN2O3. The minimum atomic E-state index is -1.00. The number of amides is 1. The van der Waals surface area contributed by atoms with Crippen LogP contribution in [0, 0.1) is 23.2 Å². The highest BCUT2D eigenvalue weighted by Crippen LogP contribution is 2.27. The quantitative estimate of drug-likeness (QED) is 0.748. The Hall–Kier alpha value is -2.06. The molecule has 1 aromatic rings. The van der Waals surface area contributed by atoms with Gasteiger partial charge in [-0.05, 0) is 36.5 Å². The van der Waals surface area contributed by atoms with Crippen molar-refractivity contribution < 1.29 is 14.3 Å². The number of esters is 1. The maximum atomic E-state index is 12.4. The molecule has 6 heteroatoms. The molecule has 25 heavy (non-hydrogen) atoms. The van der Waals surface area contributed by atoms with E-state index in [1.54, 1.807) is 31.2 Å². The standard InChI is InChI=1S/C19H25ClN2O3/c1-12(2)17(14-6-8-15(20)9-7-14)18(24)25-10-16(23)22-19(5,11-21)13(3)4/h6-9,12-13,17H,10H2,1-5H3,(H,22,23)/t17-,19+/m1/s1. The summed E-state index contributed by atoms with van der Waals surface area (Å²) in [6.07, 6.45) is 0. The van der Waals surface area contributed by atoms with E-state index >= 15 is 0 Å². The lowest BCUT2D eigenvalue weighted by molar-refractivity contribution is -0.151. The second-order valence-corrected chi connectivity index (χ2v) is 7.33. The number of benzene rings is 1. The molecule has 1 amide bonds. The predicted octanol–water partition coefficient (Wildman–Crippen LogP) is 3.68. The lowest BCUT2D eigenvalue weighted by Gasteiger charge is -2.27. The Morgan fingerprint density at radius 1 is 1.24 bits per heavy atom. The normalized spacial score (nSPS) is 14.5. The maximum absolute atomic E-state index is 12.4. The highest BCUT2D eigenvalue weighted by atomic mass is 35.5. The summed E-state index contributed by atoms with van der Waals surface area (Å²) in [4.78, 5) is 24.5. The van der Waals surface area contributed by atoms with Gasteiger partial charge in [0.15, 0.2) is 6.61 Å². The van der Waals surface area contributed by atoms with Gasteiger partial charge >= 0.3 is 5.97 Å². The van der Waals surface area contributed by atoms with Crippen molar-refractivity contribution >= 4 is 23.5 Å². The maximum Gasteiger partial charge on any atom is 0.314 e. The number of hydrogen-bond donors (Lipinski definition) is 1. The number of nitrogens with one attached hydrogen (secondary N) is 1. The minimum absolute atomic E-state index is 0.00299. The average Bonchev–Trinajstić information content (AvgIpc) is 2.54. The van der Waals surface area contributed by atoms with Crippen LogP contribution in [0.25, 0.3) is 0 Å². The summed E-state index contributed by atoms with van der Waals surface area (Å²) in [7, 11) is 0. The molecule has 0 aromatic heterocycles. The zero-order valence-corrected chi connectivity index (χ0v) is 16.1. The molecule has 1 N–H and O–H groups in total. The van der Waals surface area contributed by atoms with Crippen LogP contribution < -0.4 is 5.32 Å². The van der Waals surface area contributed by atoms with E-state index in [0.29, 0.717) is 5.02 Å². The smallest absolute Gasteiger partial charge is 0.314 e. The van der Waals surface area contributed by atoms with Crippen LogP contribution in [0.1, 0.15) is 46.1 Å². The van der Waals surface area contributed by atoms with Crippen LogP contribution in [0.5, 0.6) is 0 Å². The van der Waals surface area contributed by atoms with Crippen LogP contribution in [0.2, 0.25) is 5.02 Å². The summed E-state index contributed by atoms with van der Waals surface area (Å²) in [5.74, 6) is -1.54. The number of nitriles is 1. The molecule has 0 aliphatic carbocycles. The van der Waals surface area contributed by atoms with Crippen molar-refractivity contribution in [1.82, 2.24) is 5.32 Å². The molecule has 0 saturated carbocycles. The number of carbonyl (C=O) groups excluding carboxylic acids is 2. The zero-order valence-electron chi connectivity index (χ0n) is 15.3. The van der Waals surface area contributed by atoms with Gasteiger partial charge in [-0.25, -0.2) is 0 Å². The van der Waals surface area contributed by atoms with Crippen LogP contribution in [-0.4, -0.2) is 24.0 Å². The summed E-state index contributed by atoms with van der Waals surface area (Å²) in [5.41, 5.74) is -0.217. The number of nitrogens with zero attached hydrogens (tertiary/aromatic N) is 1. The summed E-state index contributed by atoms with van der Waals surface area (Å²) >= 11 is 5.88. The zero-order chi connectivity index (χ0) is 19.2. The van der Waals surface area contributed by atoms with Crippen molar-refractivity contribution in [2.45, 2.75) is 46.1 Å². The van der Waals surface area contributed by atoms with Crippen molar-refractivity contribution in [2.24, 2.45) is 11.8 Å². The lowest BCUT2D eigenvalue weighted by Crippen LogP contribution is -2.50.